The number of aryl methyl sites for hydroxylation is 2. The van der Waals surface area contributed by atoms with Crippen molar-refractivity contribution in [3.8, 4) is 31.9 Å². The molecule has 0 N–H and O–H groups in total. The van der Waals surface area contributed by atoms with Crippen molar-refractivity contribution in [1.82, 2.24) is 0 Å². The van der Waals surface area contributed by atoms with Crippen molar-refractivity contribution < 1.29 is 18.4 Å². The molecule has 0 saturated carbocycles. The van der Waals surface area contributed by atoms with Crippen LogP contribution in [0.15, 0.2) is 68.8 Å². The van der Waals surface area contributed by atoms with Crippen molar-refractivity contribution in [2.24, 2.45) is 0 Å². The predicted molar refractivity (Wildman–Crippen MR) is 266 cm³/mol. The zero-order valence-electron chi connectivity index (χ0n) is 37.3. The van der Waals surface area contributed by atoms with Crippen LogP contribution in [-0.4, -0.2) is 24.7 Å². The maximum atomic E-state index is 14.8. The second-order valence-corrected chi connectivity index (χ2v) is 21.9. The lowest BCUT2D eigenvalue weighted by Crippen LogP contribution is -2.31. The number of hydrogen-bond donors (Lipinski definition) is 0. The second-order valence-electron chi connectivity index (χ2n) is 17.4. The Morgan fingerprint density at radius 3 is 1.32 bits per heavy atom. The van der Waals surface area contributed by atoms with Crippen molar-refractivity contribution in [2.45, 2.75) is 156 Å². The monoisotopic (exact) mass is 908 g/mol. The molecule has 0 fully saturated rings. The minimum absolute atomic E-state index is 0.00917. The molecule has 10 heteroatoms. The quantitative estimate of drug-likeness (QED) is 0.0421. The Bertz CT molecular complexity index is 2430. The van der Waals surface area contributed by atoms with E-state index in [1.54, 1.807) is 34.0 Å². The van der Waals surface area contributed by atoms with Crippen LogP contribution in [0.2, 0.25) is 0 Å². The van der Waals surface area contributed by atoms with Gasteiger partial charge in [-0.1, -0.05) is 129 Å². The highest BCUT2D eigenvalue weighted by atomic mass is 32.1. The molecule has 2 aliphatic rings. The number of ketones is 2. The van der Waals surface area contributed by atoms with Gasteiger partial charge in [-0.05, 0) is 75.2 Å². The Hall–Kier alpha value is -3.70. The summed E-state index contributed by atoms with van der Waals surface area (Å²) in [4.78, 5) is 39.5. The largest absolute Gasteiger partial charge is 0.461 e. The van der Waals surface area contributed by atoms with E-state index in [0.29, 0.717) is 22.8 Å². The van der Waals surface area contributed by atoms with Crippen LogP contribution in [0, 0.1) is 13.8 Å². The van der Waals surface area contributed by atoms with Gasteiger partial charge in [-0.15, -0.1) is 45.3 Å². The molecule has 0 saturated heterocycles. The lowest BCUT2D eigenvalue weighted by molar-refractivity contribution is 0.101. The standard InChI is InChI=1S/C52H64N2O4S4/c1-5-7-9-11-13-15-17-19-21-23-29-53-37-31-36(4)59-51(37)49(55)47(53)48-50(56)52-38(54(48)30-24-22-20-18-16-14-12-10-8-6-2)32-42(62-52)40-27-28-41(58-40)44-34-46-45(61-44)33-43(60-46)39-26-25-35(3)57-39/h25-28,31-34H,5-24,29-30H2,1-4H3/b48-47+. The van der Waals surface area contributed by atoms with Gasteiger partial charge in [-0.2, -0.15) is 0 Å². The Balaban J connectivity index is 1.00. The third-order valence-corrected chi connectivity index (χ3v) is 17.0. The van der Waals surface area contributed by atoms with Gasteiger partial charge in [0, 0.05) is 27.4 Å². The van der Waals surface area contributed by atoms with Gasteiger partial charge in [0.1, 0.15) is 44.2 Å². The average Bonchev–Trinajstić information content (AvgIpc) is 4.13. The number of unbranched alkanes of at least 4 members (excludes halogenated alkanes) is 18. The fourth-order valence-electron chi connectivity index (χ4n) is 9.13. The van der Waals surface area contributed by atoms with Gasteiger partial charge in [0.15, 0.2) is 0 Å². The molecule has 2 aliphatic heterocycles. The van der Waals surface area contributed by atoms with E-state index in [1.165, 1.54) is 123 Å². The Labute approximate surface area is 385 Å². The Morgan fingerprint density at radius 1 is 0.452 bits per heavy atom. The van der Waals surface area contributed by atoms with E-state index in [4.69, 9.17) is 8.83 Å². The van der Waals surface area contributed by atoms with E-state index in [0.717, 1.165) is 91.0 Å². The highest BCUT2D eigenvalue weighted by molar-refractivity contribution is 7.31. The third kappa shape index (κ3) is 10.1. The lowest BCUT2D eigenvalue weighted by atomic mass is 10.1. The van der Waals surface area contributed by atoms with E-state index >= 15 is 0 Å². The van der Waals surface area contributed by atoms with Gasteiger partial charge in [0.25, 0.3) is 0 Å². The van der Waals surface area contributed by atoms with Gasteiger partial charge in [-0.25, -0.2) is 0 Å². The summed E-state index contributed by atoms with van der Waals surface area (Å²) in [5.41, 5.74) is 3.08. The van der Waals surface area contributed by atoms with Crippen molar-refractivity contribution in [3.63, 3.8) is 0 Å². The number of carbonyl (C=O) groups excluding carboxylic acids is 2. The van der Waals surface area contributed by atoms with Gasteiger partial charge in [0.05, 0.1) is 26.0 Å². The summed E-state index contributed by atoms with van der Waals surface area (Å²) < 4.78 is 14.9. The fourth-order valence-corrected chi connectivity index (χ4v) is 13.5. The minimum atomic E-state index is -0.0283. The van der Waals surface area contributed by atoms with Crippen LogP contribution in [-0.2, 0) is 0 Å². The third-order valence-electron chi connectivity index (χ3n) is 12.5. The second kappa shape index (κ2) is 21.3. The molecule has 330 valence electrons. The number of nitrogens with zero attached hydrogens (tertiary/aromatic N) is 2. The number of hydrogen-bond acceptors (Lipinski definition) is 10. The first-order valence-electron chi connectivity index (χ1n) is 23.7. The zero-order chi connectivity index (χ0) is 43.0. The highest BCUT2D eigenvalue weighted by Crippen LogP contribution is 2.50. The molecule has 6 aromatic heterocycles. The topological polar surface area (TPSA) is 66.9 Å². The van der Waals surface area contributed by atoms with E-state index in [-0.39, 0.29) is 11.6 Å². The summed E-state index contributed by atoms with van der Waals surface area (Å²) in [6.07, 6.45) is 25.1. The Morgan fingerprint density at radius 2 is 0.855 bits per heavy atom. The summed E-state index contributed by atoms with van der Waals surface area (Å²) in [5, 5.41) is 0. The molecule has 0 amide bonds. The molecular weight excluding hydrogens is 845 g/mol. The summed E-state index contributed by atoms with van der Waals surface area (Å²) >= 11 is 6.53. The van der Waals surface area contributed by atoms with Crippen molar-refractivity contribution >= 4 is 77.7 Å². The number of allylic oxidation sites excluding steroid dienone is 2. The number of Topliss-reactive ketones (excluding diaryl/α,β-unsaturated/α-hetero) is 2. The molecule has 6 nitrogen and oxygen atoms in total. The number of rotatable bonds is 25. The number of anilines is 2. The maximum Gasteiger partial charge on any atom is 0.223 e. The minimum Gasteiger partial charge on any atom is -0.461 e. The molecule has 0 aromatic carbocycles. The molecule has 8 heterocycles. The first-order valence-corrected chi connectivity index (χ1v) is 26.9. The van der Waals surface area contributed by atoms with Crippen LogP contribution in [0.25, 0.3) is 41.3 Å². The van der Waals surface area contributed by atoms with E-state index < -0.39 is 0 Å². The van der Waals surface area contributed by atoms with Crippen LogP contribution in [0.5, 0.6) is 0 Å². The number of fused-ring (bicyclic) bond motifs is 3. The normalized spacial score (nSPS) is 15.0. The molecule has 0 atom stereocenters. The van der Waals surface area contributed by atoms with E-state index in [1.807, 2.05) is 31.2 Å². The molecular formula is C52H64N2O4S4. The number of thiophene rings is 4. The first-order chi connectivity index (χ1) is 30.3. The summed E-state index contributed by atoms with van der Waals surface area (Å²) in [6.45, 7) is 10.1. The fraction of sp³-hybridized carbons (Fsp3) is 0.500. The zero-order valence-corrected chi connectivity index (χ0v) is 40.6. The Kier molecular flexibility index (Phi) is 15.4. The summed E-state index contributed by atoms with van der Waals surface area (Å²) in [7, 11) is 0. The molecule has 62 heavy (non-hydrogen) atoms. The van der Waals surface area contributed by atoms with Crippen LogP contribution in [0.3, 0.4) is 0 Å². The van der Waals surface area contributed by atoms with Crippen molar-refractivity contribution in [3.05, 3.63) is 80.3 Å². The van der Waals surface area contributed by atoms with Crippen molar-refractivity contribution in [2.75, 3.05) is 22.9 Å². The van der Waals surface area contributed by atoms with Crippen molar-refractivity contribution in [1.29, 1.82) is 0 Å². The van der Waals surface area contributed by atoms with Gasteiger partial charge >= 0.3 is 0 Å². The predicted octanol–water partition coefficient (Wildman–Crippen LogP) is 17.6. The van der Waals surface area contributed by atoms with Crippen LogP contribution < -0.4 is 9.80 Å². The molecule has 6 aromatic rings. The molecule has 0 radical (unpaired) electrons. The van der Waals surface area contributed by atoms with E-state index in [9.17, 15) is 9.59 Å². The van der Waals surface area contributed by atoms with E-state index in [2.05, 4.69) is 54.8 Å². The number of carbonyl (C=O) groups is 2. The highest BCUT2D eigenvalue weighted by Gasteiger charge is 2.44. The van der Waals surface area contributed by atoms with Gasteiger partial charge in [-0.3, -0.25) is 9.59 Å². The SMILES string of the molecule is CCCCCCCCCCCCN1/C(=C2\C(=O)c3sc(-c4ccc(-c5cc6sc(-c7ccc(C)o7)cc6s5)o4)cc3N2CCCCCCCCCCCC)C(=O)c2sc(C)cc21. The van der Waals surface area contributed by atoms with Gasteiger partial charge in [0.2, 0.25) is 11.6 Å². The molecule has 0 unspecified atom stereocenters. The average molecular weight is 909 g/mol. The smallest absolute Gasteiger partial charge is 0.223 e. The summed E-state index contributed by atoms with van der Waals surface area (Å²) in [5.74, 6) is 3.39. The van der Waals surface area contributed by atoms with Crippen LogP contribution in [0.4, 0.5) is 11.4 Å². The van der Waals surface area contributed by atoms with Crippen LogP contribution >= 0.6 is 45.3 Å². The number of furan rings is 2. The molecule has 8 rings (SSSR count). The molecule has 0 aliphatic carbocycles. The molecule has 0 bridgehead atoms. The first kappa shape index (κ1) is 44.9. The van der Waals surface area contributed by atoms with Gasteiger partial charge < -0.3 is 18.6 Å². The summed E-state index contributed by atoms with van der Waals surface area (Å²) in [6, 6.07) is 16.8. The van der Waals surface area contributed by atoms with Crippen LogP contribution in [0.1, 0.15) is 172 Å². The maximum absolute atomic E-state index is 14.8. The molecule has 0 spiro atoms. The lowest BCUT2D eigenvalue weighted by Gasteiger charge is -2.26.